The topological polar surface area (TPSA) is 95.0 Å². The van der Waals surface area contributed by atoms with Crippen molar-refractivity contribution >= 4 is 27.6 Å². The van der Waals surface area contributed by atoms with Crippen LogP contribution < -0.4 is 4.31 Å². The maximum Gasteiger partial charge on any atom is 0.323 e. The Labute approximate surface area is 135 Å². The quantitative estimate of drug-likeness (QED) is 0.865. The maximum atomic E-state index is 12.4. The number of aryl methyl sites for hydroxylation is 1. The van der Waals surface area contributed by atoms with Crippen molar-refractivity contribution in [3.05, 3.63) is 29.3 Å². The van der Waals surface area contributed by atoms with Crippen molar-refractivity contribution in [3.63, 3.8) is 0 Å². The van der Waals surface area contributed by atoms with Crippen LogP contribution in [0.2, 0.25) is 0 Å². The number of carboxylic acids is 1. The van der Waals surface area contributed by atoms with Crippen LogP contribution in [0.1, 0.15) is 29.3 Å². The lowest BCUT2D eigenvalue weighted by atomic mass is 10.1. The summed E-state index contributed by atoms with van der Waals surface area (Å²) >= 11 is 0. The average molecular weight is 340 g/mol. The van der Waals surface area contributed by atoms with Gasteiger partial charge in [-0.05, 0) is 44.0 Å². The summed E-state index contributed by atoms with van der Waals surface area (Å²) in [4.78, 5) is 24.5. The first-order valence-electron chi connectivity index (χ1n) is 7.38. The number of carbonyl (C=O) groups is 2. The minimum absolute atomic E-state index is 0.134. The summed E-state index contributed by atoms with van der Waals surface area (Å²) in [5, 5.41) is 8.86. The predicted octanol–water partition coefficient (Wildman–Crippen LogP) is 1.08. The maximum absolute atomic E-state index is 12.4. The summed E-state index contributed by atoms with van der Waals surface area (Å²) in [7, 11) is -3.27. The second-order valence-electron chi connectivity index (χ2n) is 5.45. The number of sulfonamides is 1. The first kappa shape index (κ1) is 17.3. The van der Waals surface area contributed by atoms with Crippen molar-refractivity contribution in [2.24, 2.45) is 0 Å². The molecule has 1 fully saturated rings. The van der Waals surface area contributed by atoms with Crippen LogP contribution in [-0.2, 0) is 14.8 Å². The Balaban J connectivity index is 2.29. The highest BCUT2D eigenvalue weighted by atomic mass is 32.2. The van der Waals surface area contributed by atoms with E-state index in [1.807, 2.05) is 0 Å². The van der Waals surface area contributed by atoms with E-state index >= 15 is 0 Å². The van der Waals surface area contributed by atoms with E-state index in [0.717, 1.165) is 0 Å². The molecule has 1 amide bonds. The van der Waals surface area contributed by atoms with Crippen molar-refractivity contribution in [1.29, 1.82) is 0 Å². The third-order valence-corrected chi connectivity index (χ3v) is 5.69. The molecule has 1 N–H and O–H groups in total. The van der Waals surface area contributed by atoms with Crippen molar-refractivity contribution in [2.45, 2.75) is 20.3 Å². The second-order valence-corrected chi connectivity index (χ2v) is 7.47. The number of nitrogens with zero attached hydrogens (tertiary/aromatic N) is 2. The minimum atomic E-state index is -3.27. The molecule has 0 atom stereocenters. The zero-order valence-corrected chi connectivity index (χ0v) is 14.0. The van der Waals surface area contributed by atoms with Gasteiger partial charge in [-0.1, -0.05) is 0 Å². The lowest BCUT2D eigenvalue weighted by Gasteiger charge is -2.21. The van der Waals surface area contributed by atoms with Crippen LogP contribution in [0.5, 0.6) is 0 Å². The Bertz CT molecular complexity index is 729. The van der Waals surface area contributed by atoms with E-state index in [2.05, 4.69) is 0 Å². The van der Waals surface area contributed by atoms with Gasteiger partial charge in [-0.15, -0.1) is 0 Å². The molecule has 1 aromatic carbocycles. The van der Waals surface area contributed by atoms with Gasteiger partial charge in [0.25, 0.3) is 5.91 Å². The van der Waals surface area contributed by atoms with Gasteiger partial charge in [0.05, 0.1) is 11.4 Å². The highest BCUT2D eigenvalue weighted by Gasteiger charge is 2.29. The van der Waals surface area contributed by atoms with Gasteiger partial charge in [0.1, 0.15) is 6.54 Å². The van der Waals surface area contributed by atoms with Gasteiger partial charge in [-0.3, -0.25) is 13.9 Å². The van der Waals surface area contributed by atoms with Crippen LogP contribution in [-0.4, -0.2) is 55.7 Å². The molecule has 0 unspecified atom stereocenters. The van der Waals surface area contributed by atoms with Gasteiger partial charge in [0.15, 0.2) is 0 Å². The molecule has 126 valence electrons. The number of carbonyl (C=O) groups excluding carboxylic acids is 1. The van der Waals surface area contributed by atoms with Gasteiger partial charge < -0.3 is 10.0 Å². The summed E-state index contributed by atoms with van der Waals surface area (Å²) in [6.45, 7) is 3.79. The van der Waals surface area contributed by atoms with E-state index in [0.29, 0.717) is 29.8 Å². The molecule has 23 heavy (non-hydrogen) atoms. The van der Waals surface area contributed by atoms with Crippen molar-refractivity contribution in [1.82, 2.24) is 4.90 Å². The second kappa shape index (κ2) is 6.57. The number of anilines is 1. The van der Waals surface area contributed by atoms with Gasteiger partial charge in [-0.2, -0.15) is 0 Å². The normalized spacial score (nSPS) is 16.3. The number of rotatable bonds is 5. The Morgan fingerprint density at radius 2 is 2.04 bits per heavy atom. The number of hydrogen-bond acceptors (Lipinski definition) is 4. The van der Waals surface area contributed by atoms with E-state index in [1.165, 1.54) is 9.21 Å². The molecule has 0 radical (unpaired) electrons. The monoisotopic (exact) mass is 340 g/mol. The molecular weight excluding hydrogens is 320 g/mol. The highest BCUT2D eigenvalue weighted by molar-refractivity contribution is 7.93. The molecule has 0 aliphatic carbocycles. The van der Waals surface area contributed by atoms with Crippen LogP contribution in [0.15, 0.2) is 18.2 Å². The smallest absolute Gasteiger partial charge is 0.323 e. The van der Waals surface area contributed by atoms with E-state index in [1.54, 1.807) is 32.0 Å². The molecule has 0 saturated carbocycles. The van der Waals surface area contributed by atoms with Crippen LogP contribution in [0.3, 0.4) is 0 Å². The molecule has 2 rings (SSSR count). The van der Waals surface area contributed by atoms with Gasteiger partial charge in [0, 0.05) is 18.7 Å². The standard InChI is InChI=1S/C15H20N2O5S/c1-3-16(10-14(18)19)15(20)13-6-5-12(9-11(13)2)17-7-4-8-23(17,21)22/h5-6,9H,3-4,7-8,10H2,1-2H3,(H,18,19). The van der Waals surface area contributed by atoms with Gasteiger partial charge in [0.2, 0.25) is 10.0 Å². The lowest BCUT2D eigenvalue weighted by molar-refractivity contribution is -0.137. The fourth-order valence-electron chi connectivity index (χ4n) is 2.63. The number of likely N-dealkylation sites (N-methyl/N-ethyl adjacent to an activating group) is 1. The molecule has 1 aliphatic rings. The Kier molecular flexibility index (Phi) is 4.93. The third-order valence-electron chi connectivity index (χ3n) is 3.82. The van der Waals surface area contributed by atoms with Gasteiger partial charge >= 0.3 is 5.97 Å². The summed E-state index contributed by atoms with van der Waals surface area (Å²) < 4.78 is 25.3. The largest absolute Gasteiger partial charge is 0.480 e. The molecule has 0 aromatic heterocycles. The summed E-state index contributed by atoms with van der Waals surface area (Å²) in [6, 6.07) is 4.81. The third kappa shape index (κ3) is 3.64. The van der Waals surface area contributed by atoms with Crippen LogP contribution in [0, 0.1) is 6.92 Å². The van der Waals surface area contributed by atoms with E-state index in [4.69, 9.17) is 5.11 Å². The molecule has 1 heterocycles. The predicted molar refractivity (Wildman–Crippen MR) is 86.1 cm³/mol. The Morgan fingerprint density at radius 1 is 1.35 bits per heavy atom. The zero-order chi connectivity index (χ0) is 17.2. The number of amides is 1. The molecule has 7 nitrogen and oxygen atoms in total. The molecule has 0 spiro atoms. The van der Waals surface area contributed by atoms with Crippen LogP contribution in [0.4, 0.5) is 5.69 Å². The van der Waals surface area contributed by atoms with Crippen molar-refractivity contribution in [3.8, 4) is 0 Å². The molecule has 1 aromatic rings. The SMILES string of the molecule is CCN(CC(=O)O)C(=O)c1ccc(N2CCCS2(=O)=O)cc1C. The van der Waals surface area contributed by atoms with Gasteiger partial charge in [-0.25, -0.2) is 8.42 Å². The summed E-state index contributed by atoms with van der Waals surface area (Å²) in [6.07, 6.45) is 0.588. The zero-order valence-electron chi connectivity index (χ0n) is 13.2. The summed E-state index contributed by atoms with van der Waals surface area (Å²) in [5.74, 6) is -1.31. The van der Waals surface area contributed by atoms with E-state index in [-0.39, 0.29) is 24.7 Å². The fraction of sp³-hybridized carbons (Fsp3) is 0.467. The number of aliphatic carboxylic acids is 1. The van der Waals surface area contributed by atoms with E-state index in [9.17, 15) is 18.0 Å². The molecular formula is C15H20N2O5S. The highest BCUT2D eigenvalue weighted by Crippen LogP contribution is 2.26. The Hall–Kier alpha value is -2.09. The number of benzene rings is 1. The minimum Gasteiger partial charge on any atom is -0.480 e. The molecule has 1 aliphatic heterocycles. The van der Waals surface area contributed by atoms with Crippen LogP contribution >= 0.6 is 0 Å². The van der Waals surface area contributed by atoms with E-state index < -0.39 is 16.0 Å². The molecule has 1 saturated heterocycles. The van der Waals surface area contributed by atoms with Crippen molar-refractivity contribution < 1.29 is 23.1 Å². The first-order valence-corrected chi connectivity index (χ1v) is 8.99. The Morgan fingerprint density at radius 3 is 2.52 bits per heavy atom. The molecule has 8 heteroatoms. The number of hydrogen-bond donors (Lipinski definition) is 1. The first-order chi connectivity index (χ1) is 10.8. The van der Waals surface area contributed by atoms with Crippen molar-refractivity contribution in [2.75, 3.05) is 29.7 Å². The van der Waals surface area contributed by atoms with Crippen LogP contribution in [0.25, 0.3) is 0 Å². The summed E-state index contributed by atoms with van der Waals surface area (Å²) in [5.41, 5.74) is 1.55. The molecule has 0 bridgehead atoms. The number of carboxylic acid groups (broad SMARTS) is 1. The average Bonchev–Trinajstić information content (AvgIpc) is 2.83. The fourth-order valence-corrected chi connectivity index (χ4v) is 4.19. The lowest BCUT2D eigenvalue weighted by Crippen LogP contribution is -2.35.